The molecule has 0 radical (unpaired) electrons. The second kappa shape index (κ2) is 8.22. The van der Waals surface area contributed by atoms with Gasteiger partial charge in [-0.25, -0.2) is 0 Å². The Morgan fingerprint density at radius 3 is 2.52 bits per heavy atom. The molecule has 0 bridgehead atoms. The molecule has 1 aliphatic heterocycles. The predicted octanol–water partition coefficient (Wildman–Crippen LogP) is 5.06. The SMILES string of the molecule is C=[N+]1C([C-](C)[N+](=C)c2ccccc2C)=CC=C[C-]1[C-](C)[N+](=C)[C-]1C=C=CC=C1C. The summed E-state index contributed by atoms with van der Waals surface area (Å²) < 4.78 is 5.84. The molecule has 0 amide bonds. The summed E-state index contributed by atoms with van der Waals surface area (Å²) >= 11 is 0. The van der Waals surface area contributed by atoms with Crippen molar-refractivity contribution in [1.82, 2.24) is 0 Å². The van der Waals surface area contributed by atoms with E-state index in [2.05, 4.69) is 77.9 Å². The lowest BCUT2D eigenvalue weighted by molar-refractivity contribution is -0.542. The molecular weight excluding hydrogens is 354 g/mol. The van der Waals surface area contributed by atoms with E-state index in [0.717, 1.165) is 41.1 Å². The highest BCUT2D eigenvalue weighted by atomic mass is 15.2. The molecule has 0 aromatic heterocycles. The monoisotopic (exact) mass is 382 g/mol. The summed E-state index contributed by atoms with van der Waals surface area (Å²) in [6.45, 7) is 21.1. The molecule has 0 fully saturated rings. The number of hydrogen-bond donors (Lipinski definition) is 0. The fraction of sp³-hybridized carbons (Fsp3) is 0.154. The van der Waals surface area contributed by atoms with Crippen LogP contribution in [0.3, 0.4) is 0 Å². The first-order valence-electron chi connectivity index (χ1n) is 9.60. The quantitative estimate of drug-likeness (QED) is 0.282. The van der Waals surface area contributed by atoms with Crippen LogP contribution in [0.1, 0.15) is 26.3 Å². The van der Waals surface area contributed by atoms with Gasteiger partial charge in [-0.05, 0) is 37.6 Å². The maximum atomic E-state index is 4.32. The summed E-state index contributed by atoms with van der Waals surface area (Å²) in [6, 6.07) is 12.3. The van der Waals surface area contributed by atoms with Gasteiger partial charge in [0.15, 0.2) is 0 Å². The topological polar surface area (TPSA) is 9.03 Å². The minimum Gasteiger partial charge on any atom is -0.491 e. The third-order valence-corrected chi connectivity index (χ3v) is 5.39. The summed E-state index contributed by atoms with van der Waals surface area (Å²) in [5.41, 5.74) is 7.53. The van der Waals surface area contributed by atoms with Crippen molar-refractivity contribution >= 4 is 25.8 Å². The van der Waals surface area contributed by atoms with E-state index in [1.54, 1.807) is 0 Å². The molecule has 1 aromatic carbocycles. The Balaban J connectivity index is 1.80. The van der Waals surface area contributed by atoms with Crippen LogP contribution in [0, 0.1) is 31.1 Å². The first-order chi connectivity index (χ1) is 13.8. The van der Waals surface area contributed by atoms with Gasteiger partial charge >= 0.3 is 0 Å². The molecule has 29 heavy (non-hydrogen) atoms. The van der Waals surface area contributed by atoms with Gasteiger partial charge < -0.3 is 9.15 Å². The van der Waals surface area contributed by atoms with Crippen molar-refractivity contribution in [2.75, 3.05) is 0 Å². The van der Waals surface area contributed by atoms with Crippen LogP contribution in [0.5, 0.6) is 0 Å². The minimum absolute atomic E-state index is 0.985. The molecule has 1 aliphatic carbocycles. The highest BCUT2D eigenvalue weighted by Gasteiger charge is 2.27. The average Bonchev–Trinajstić information content (AvgIpc) is 2.72. The molecule has 3 rings (SSSR count). The largest absolute Gasteiger partial charge is 0.491 e. The summed E-state index contributed by atoms with van der Waals surface area (Å²) in [6.07, 6.45) is 12.1. The Hall–Kier alpha value is -3.55. The Morgan fingerprint density at radius 1 is 1.10 bits per heavy atom. The molecule has 1 aromatic rings. The summed E-state index contributed by atoms with van der Waals surface area (Å²) in [7, 11) is 0. The molecule has 1 heterocycles. The third-order valence-electron chi connectivity index (χ3n) is 5.39. The first-order valence-corrected chi connectivity index (χ1v) is 9.60. The Bertz CT molecular complexity index is 1010. The fourth-order valence-corrected chi connectivity index (χ4v) is 3.47. The van der Waals surface area contributed by atoms with Crippen molar-refractivity contribution in [3.63, 3.8) is 0 Å². The maximum Gasteiger partial charge on any atom is 0.134 e. The number of rotatable bonds is 6. The van der Waals surface area contributed by atoms with Crippen LogP contribution in [-0.4, -0.2) is 33.9 Å². The van der Waals surface area contributed by atoms with Crippen molar-refractivity contribution in [2.24, 2.45) is 0 Å². The van der Waals surface area contributed by atoms with Crippen LogP contribution < -0.4 is 0 Å². The zero-order valence-electron chi connectivity index (χ0n) is 17.7. The molecule has 0 saturated heterocycles. The number of benzene rings is 1. The van der Waals surface area contributed by atoms with E-state index in [0.29, 0.717) is 0 Å². The molecule has 148 valence electrons. The summed E-state index contributed by atoms with van der Waals surface area (Å²) in [4.78, 5) is 0. The van der Waals surface area contributed by atoms with Crippen LogP contribution in [0.4, 0.5) is 5.69 Å². The molecule has 0 spiro atoms. The molecule has 3 heteroatoms. The molecule has 3 nitrogen and oxygen atoms in total. The van der Waals surface area contributed by atoms with Crippen LogP contribution in [0.2, 0.25) is 0 Å². The summed E-state index contributed by atoms with van der Waals surface area (Å²) in [5, 5.41) is 0. The highest BCUT2D eigenvalue weighted by molar-refractivity contribution is 5.44. The fourth-order valence-electron chi connectivity index (χ4n) is 3.47. The lowest BCUT2D eigenvalue weighted by atomic mass is 9.98. The molecule has 2 aliphatic rings. The van der Waals surface area contributed by atoms with Crippen LogP contribution in [-0.2, 0) is 0 Å². The van der Waals surface area contributed by atoms with E-state index in [4.69, 9.17) is 0 Å². The smallest absolute Gasteiger partial charge is 0.134 e. The number of para-hydroxylation sites is 1. The van der Waals surface area contributed by atoms with Crippen molar-refractivity contribution in [3.05, 3.63) is 107 Å². The van der Waals surface area contributed by atoms with E-state index >= 15 is 0 Å². The van der Waals surface area contributed by atoms with Crippen LogP contribution in [0.15, 0.2) is 77.7 Å². The van der Waals surface area contributed by atoms with Gasteiger partial charge in [-0.15, -0.1) is 17.9 Å². The van der Waals surface area contributed by atoms with E-state index in [1.807, 2.05) is 50.2 Å². The standard InChI is InChI=1S/C26H28N3/c1-19-13-8-10-15-23(19)27(5)21(3)25-17-12-18-26(29(25)7)22(4)28(6)24-16-11-9-14-20(24)2/h8-10,12-18H,5-7H2,1-4H3/q-1. The van der Waals surface area contributed by atoms with Gasteiger partial charge in [-0.1, -0.05) is 56.5 Å². The van der Waals surface area contributed by atoms with Crippen molar-refractivity contribution < 1.29 is 13.7 Å². The van der Waals surface area contributed by atoms with Gasteiger partial charge in [0.2, 0.25) is 0 Å². The Labute approximate surface area is 175 Å². The zero-order chi connectivity index (χ0) is 21.1. The van der Waals surface area contributed by atoms with E-state index in [1.165, 1.54) is 5.56 Å². The third kappa shape index (κ3) is 3.87. The number of hydrogen-bond acceptors (Lipinski definition) is 0. The van der Waals surface area contributed by atoms with Gasteiger partial charge in [0.1, 0.15) is 17.4 Å². The first kappa shape index (κ1) is 20.2. The zero-order valence-corrected chi connectivity index (χ0v) is 17.7. The van der Waals surface area contributed by atoms with Crippen molar-refractivity contribution in [2.45, 2.75) is 27.7 Å². The number of nitrogens with zero attached hydrogens (tertiary/aromatic N) is 3. The lowest BCUT2D eigenvalue weighted by Gasteiger charge is -2.41. The van der Waals surface area contributed by atoms with Crippen LogP contribution in [0.25, 0.3) is 0 Å². The normalized spacial score (nSPS) is 15.2. The molecule has 0 N–H and O–H groups in total. The van der Waals surface area contributed by atoms with E-state index in [-0.39, 0.29) is 0 Å². The highest BCUT2D eigenvalue weighted by Crippen LogP contribution is 2.35. The molecule has 0 atom stereocenters. The van der Waals surface area contributed by atoms with E-state index in [9.17, 15) is 0 Å². The summed E-state index contributed by atoms with van der Waals surface area (Å²) in [5.74, 6) is 0. The Morgan fingerprint density at radius 2 is 1.83 bits per heavy atom. The van der Waals surface area contributed by atoms with Crippen LogP contribution >= 0.6 is 0 Å². The lowest BCUT2D eigenvalue weighted by Crippen LogP contribution is -2.33. The van der Waals surface area contributed by atoms with Gasteiger partial charge in [0.25, 0.3) is 0 Å². The van der Waals surface area contributed by atoms with Gasteiger partial charge in [-0.3, -0.25) is 4.58 Å². The second-order valence-electron chi connectivity index (χ2n) is 7.25. The average molecular weight is 383 g/mol. The van der Waals surface area contributed by atoms with E-state index < -0.39 is 0 Å². The predicted molar refractivity (Wildman–Crippen MR) is 121 cm³/mol. The van der Waals surface area contributed by atoms with Gasteiger partial charge in [0, 0.05) is 6.04 Å². The van der Waals surface area contributed by atoms with Crippen molar-refractivity contribution in [3.8, 4) is 0 Å². The van der Waals surface area contributed by atoms with Gasteiger partial charge in [0.05, 0.1) is 19.5 Å². The van der Waals surface area contributed by atoms with Crippen molar-refractivity contribution in [1.29, 1.82) is 0 Å². The second-order valence-corrected chi connectivity index (χ2v) is 7.25. The Kier molecular flexibility index (Phi) is 5.72. The number of allylic oxidation sites excluding steroid dienone is 3. The minimum atomic E-state index is 0.985. The molecule has 0 unspecified atom stereocenters. The molecular formula is C26H28N3-. The maximum absolute atomic E-state index is 4.32. The molecule has 0 saturated carbocycles. The van der Waals surface area contributed by atoms with Gasteiger partial charge in [-0.2, -0.15) is 6.08 Å². The number of aryl methyl sites for hydroxylation is 1.